The van der Waals surface area contributed by atoms with Crippen molar-refractivity contribution in [2.24, 2.45) is 0 Å². The van der Waals surface area contributed by atoms with E-state index < -0.39 is 84.8 Å². The second-order valence-electron chi connectivity index (χ2n) is 6.87. The molecule has 1 atom stereocenters. The molecule has 0 aliphatic rings. The van der Waals surface area contributed by atoms with Crippen LogP contribution in [-0.2, 0) is 5.31 Å². The lowest BCUT2D eigenvalue weighted by atomic mass is 9.61. The third kappa shape index (κ3) is 2.79. The zero-order chi connectivity index (χ0) is 22.0. The van der Waals surface area contributed by atoms with Crippen molar-refractivity contribution in [2.75, 3.05) is 0 Å². The second kappa shape index (κ2) is 6.85. The highest BCUT2D eigenvalue weighted by atomic mass is 19.2. The molecule has 0 heterocycles. The van der Waals surface area contributed by atoms with Crippen molar-refractivity contribution < 1.29 is 39.5 Å². The van der Waals surface area contributed by atoms with Crippen LogP contribution in [0, 0.1) is 52.4 Å². The number of fused-ring (bicyclic) bond motifs is 2. The Morgan fingerprint density at radius 2 is 0.862 bits per heavy atom. The van der Waals surface area contributed by atoms with Gasteiger partial charge in [-0.3, -0.25) is 0 Å². The van der Waals surface area contributed by atoms with Gasteiger partial charge in [-0.1, -0.05) is 26.7 Å². The molecule has 0 aliphatic carbocycles. The fraction of sp³-hybridized carbons (Fsp3) is 0.263. The van der Waals surface area contributed by atoms with Crippen molar-refractivity contribution in [1.82, 2.24) is 0 Å². The van der Waals surface area contributed by atoms with E-state index in [0.29, 0.717) is 0 Å². The first-order valence-electron chi connectivity index (χ1n) is 8.30. The number of halogens is 9. The number of hydrogen-bond acceptors (Lipinski definition) is 0. The van der Waals surface area contributed by atoms with Crippen molar-refractivity contribution >= 4 is 29.4 Å². The highest BCUT2D eigenvalue weighted by Crippen LogP contribution is 2.45. The quantitative estimate of drug-likeness (QED) is 0.151. The lowest BCUT2D eigenvalue weighted by Gasteiger charge is -2.30. The van der Waals surface area contributed by atoms with E-state index in [2.05, 4.69) is 0 Å². The lowest BCUT2D eigenvalue weighted by molar-refractivity contribution is 0.411. The molecule has 3 aromatic carbocycles. The first-order chi connectivity index (χ1) is 13.4. The minimum atomic E-state index is -2.42. The molecular weight excluding hydrogens is 410 g/mol. The van der Waals surface area contributed by atoms with E-state index in [0.717, 1.165) is 6.92 Å². The van der Waals surface area contributed by atoms with E-state index in [1.807, 2.05) is 0 Å². The van der Waals surface area contributed by atoms with Crippen LogP contribution in [0.3, 0.4) is 0 Å². The van der Waals surface area contributed by atoms with Crippen LogP contribution in [0.25, 0.3) is 21.5 Å². The largest absolute Gasteiger partial charge is 0.205 e. The first-order valence-corrected chi connectivity index (χ1v) is 8.30. The molecule has 0 spiro atoms. The Morgan fingerprint density at radius 3 is 1.17 bits per heavy atom. The summed E-state index contributed by atoms with van der Waals surface area (Å²) >= 11 is 0. The number of hydrogen-bond donors (Lipinski definition) is 0. The van der Waals surface area contributed by atoms with Crippen LogP contribution >= 0.6 is 0 Å². The van der Waals surface area contributed by atoms with E-state index in [4.69, 9.17) is 7.85 Å². The molecule has 0 aromatic heterocycles. The standard InChI is InChI=1S/C19H10BF9/c1-3-4-19(2,20)9-5-7(13(24)17(28)15(26)11(5)22)10(21)8-6(9)12(23)16(27)18(29)14(8)25/h3-4H2,1-2H3. The maximum absolute atomic E-state index is 14.9. The maximum Gasteiger partial charge on any atom is 0.198 e. The Labute approximate surface area is 159 Å². The van der Waals surface area contributed by atoms with E-state index in [9.17, 15) is 39.5 Å². The van der Waals surface area contributed by atoms with Gasteiger partial charge in [0.1, 0.15) is 5.82 Å². The normalized spacial score (nSPS) is 14.0. The van der Waals surface area contributed by atoms with Crippen LogP contribution in [-0.4, -0.2) is 7.85 Å². The Bertz CT molecular complexity index is 1100. The van der Waals surface area contributed by atoms with Crippen molar-refractivity contribution in [3.63, 3.8) is 0 Å². The van der Waals surface area contributed by atoms with Gasteiger partial charge in [-0.25, -0.2) is 39.5 Å². The Kier molecular flexibility index (Phi) is 5.03. The monoisotopic (exact) mass is 420 g/mol. The predicted molar refractivity (Wildman–Crippen MR) is 89.1 cm³/mol. The molecule has 0 aliphatic heterocycles. The number of benzene rings is 3. The summed E-state index contributed by atoms with van der Waals surface area (Å²) in [5, 5.41) is -7.76. The molecule has 3 rings (SSSR count). The van der Waals surface area contributed by atoms with Crippen molar-refractivity contribution in [3.8, 4) is 0 Å². The maximum atomic E-state index is 14.9. The van der Waals surface area contributed by atoms with Gasteiger partial charge in [0.15, 0.2) is 46.5 Å². The summed E-state index contributed by atoms with van der Waals surface area (Å²) in [7, 11) is 6.01. The molecule has 3 aromatic rings. The Balaban J connectivity index is 2.86. The van der Waals surface area contributed by atoms with Crippen LogP contribution in [0.4, 0.5) is 39.5 Å². The first kappa shape index (κ1) is 21.3. The summed E-state index contributed by atoms with van der Waals surface area (Å²) in [5.41, 5.74) is -0.920. The van der Waals surface area contributed by atoms with E-state index in [1.54, 1.807) is 6.92 Å². The van der Waals surface area contributed by atoms with Crippen molar-refractivity contribution in [3.05, 3.63) is 57.9 Å². The zero-order valence-electron chi connectivity index (χ0n) is 14.9. The molecule has 10 heteroatoms. The number of rotatable bonds is 3. The van der Waals surface area contributed by atoms with Gasteiger partial charge in [-0.15, -0.1) is 0 Å². The van der Waals surface area contributed by atoms with Gasteiger partial charge in [0, 0.05) is 10.8 Å². The SMILES string of the molecule is [B]C(C)(CCC)c1c2c(F)c(F)c(F)c(F)c2c(F)c2c(F)c(F)c(F)c(F)c12. The Hall–Kier alpha value is -2.39. The average molecular weight is 420 g/mol. The van der Waals surface area contributed by atoms with Gasteiger partial charge in [-0.2, -0.15) is 0 Å². The second-order valence-corrected chi connectivity index (χ2v) is 6.87. The van der Waals surface area contributed by atoms with Crippen molar-refractivity contribution in [2.45, 2.75) is 32.0 Å². The highest BCUT2D eigenvalue weighted by molar-refractivity contribution is 6.20. The fourth-order valence-corrected chi connectivity index (χ4v) is 3.61. The highest BCUT2D eigenvalue weighted by Gasteiger charge is 2.36. The van der Waals surface area contributed by atoms with Gasteiger partial charge in [0.05, 0.1) is 18.6 Å². The molecule has 1 unspecified atom stereocenters. The molecule has 0 amide bonds. The summed E-state index contributed by atoms with van der Waals surface area (Å²) < 4.78 is 128. The van der Waals surface area contributed by atoms with Gasteiger partial charge in [0.25, 0.3) is 0 Å². The zero-order valence-corrected chi connectivity index (χ0v) is 14.9. The van der Waals surface area contributed by atoms with Crippen molar-refractivity contribution in [1.29, 1.82) is 0 Å². The van der Waals surface area contributed by atoms with Gasteiger partial charge in [0.2, 0.25) is 0 Å². The Morgan fingerprint density at radius 1 is 0.552 bits per heavy atom. The van der Waals surface area contributed by atoms with Gasteiger partial charge < -0.3 is 0 Å². The molecule has 0 N–H and O–H groups in total. The summed E-state index contributed by atoms with van der Waals surface area (Å²) in [6, 6.07) is 0. The van der Waals surface area contributed by atoms with Crippen LogP contribution in [0.15, 0.2) is 0 Å². The summed E-state index contributed by atoms with van der Waals surface area (Å²) in [6.07, 6.45) is 0.0673. The lowest BCUT2D eigenvalue weighted by Crippen LogP contribution is -2.25. The molecule has 0 bridgehead atoms. The van der Waals surface area contributed by atoms with Gasteiger partial charge in [-0.05, 0) is 10.9 Å². The summed E-state index contributed by atoms with van der Waals surface area (Å²) in [5.74, 6) is -20.5. The molecule has 152 valence electrons. The molecule has 0 fully saturated rings. The smallest absolute Gasteiger partial charge is 0.198 e. The van der Waals surface area contributed by atoms with Crippen LogP contribution in [0.1, 0.15) is 32.3 Å². The minimum absolute atomic E-state index is 0.150. The van der Waals surface area contributed by atoms with Gasteiger partial charge >= 0.3 is 0 Å². The molecule has 0 saturated carbocycles. The van der Waals surface area contributed by atoms with E-state index in [1.165, 1.54) is 0 Å². The van der Waals surface area contributed by atoms with E-state index in [-0.39, 0.29) is 12.8 Å². The molecule has 0 nitrogen and oxygen atoms in total. The van der Waals surface area contributed by atoms with Crippen LogP contribution in [0.5, 0.6) is 0 Å². The third-order valence-electron chi connectivity index (χ3n) is 4.81. The van der Waals surface area contributed by atoms with E-state index >= 15 is 0 Å². The third-order valence-corrected chi connectivity index (χ3v) is 4.81. The molecule has 0 saturated heterocycles. The molecular formula is C19H10BF9. The minimum Gasteiger partial charge on any atom is -0.205 e. The van der Waals surface area contributed by atoms with Crippen LogP contribution < -0.4 is 0 Å². The predicted octanol–water partition coefficient (Wildman–Crippen LogP) is 6.43. The summed E-state index contributed by atoms with van der Waals surface area (Å²) in [4.78, 5) is 0. The molecule has 2 radical (unpaired) electrons. The summed E-state index contributed by atoms with van der Waals surface area (Å²) in [6.45, 7) is 2.67. The average Bonchev–Trinajstić information content (AvgIpc) is 2.66. The topological polar surface area (TPSA) is 0 Å². The van der Waals surface area contributed by atoms with Crippen LogP contribution in [0.2, 0.25) is 0 Å². The fourth-order valence-electron chi connectivity index (χ4n) is 3.61. The molecule has 29 heavy (non-hydrogen) atoms.